The van der Waals surface area contributed by atoms with Crippen LogP contribution in [0.2, 0.25) is 0 Å². The maximum Gasteiger partial charge on any atom is 0.231 e. The van der Waals surface area contributed by atoms with Crippen LogP contribution in [0, 0.1) is 0 Å². The van der Waals surface area contributed by atoms with Crippen LogP contribution >= 0.6 is 0 Å². The predicted octanol–water partition coefficient (Wildman–Crippen LogP) is 2.68. The van der Waals surface area contributed by atoms with E-state index in [1.807, 2.05) is 0 Å². The van der Waals surface area contributed by atoms with Crippen molar-refractivity contribution in [2.24, 2.45) is 0 Å². The fraction of sp³-hybridized carbons (Fsp3) is 0.250. The fourth-order valence-corrected chi connectivity index (χ4v) is 1.91. The molecule has 0 saturated heterocycles. The van der Waals surface area contributed by atoms with E-state index in [1.54, 1.807) is 12.1 Å². The number of alkyl halides is 1. The first-order valence-corrected chi connectivity index (χ1v) is 5.45. The van der Waals surface area contributed by atoms with Crippen LogP contribution in [-0.2, 0) is 0 Å². The Morgan fingerprint density at radius 2 is 2.17 bits per heavy atom. The van der Waals surface area contributed by atoms with Crippen LogP contribution in [-0.4, -0.2) is 11.9 Å². The second-order valence-electron chi connectivity index (χ2n) is 4.02. The molecule has 1 aliphatic rings. The van der Waals surface area contributed by atoms with Crippen molar-refractivity contribution in [3.8, 4) is 22.6 Å². The van der Waals surface area contributed by atoms with Crippen molar-refractivity contribution >= 4 is 5.88 Å². The summed E-state index contributed by atoms with van der Waals surface area (Å²) in [4.78, 5) is 0. The number of halogens is 1. The molecule has 94 valence electrons. The third-order valence-electron chi connectivity index (χ3n) is 2.84. The van der Waals surface area contributed by atoms with Gasteiger partial charge in [0.25, 0.3) is 0 Å². The second kappa shape index (κ2) is 3.90. The lowest BCUT2D eigenvalue weighted by atomic mass is 10.0. The van der Waals surface area contributed by atoms with Gasteiger partial charge in [-0.05, 0) is 24.6 Å². The summed E-state index contributed by atoms with van der Waals surface area (Å²) in [6.45, 7) is 1.57. The van der Waals surface area contributed by atoms with E-state index >= 15 is 0 Å². The molecule has 0 amide bonds. The normalized spacial score (nSPS) is 14.8. The molecular formula is C12H11FN2O3. The molecule has 18 heavy (non-hydrogen) atoms. The Morgan fingerprint density at radius 3 is 2.83 bits per heavy atom. The minimum Gasteiger partial charge on any atom is -0.454 e. The van der Waals surface area contributed by atoms with E-state index in [0.29, 0.717) is 28.2 Å². The molecule has 3 rings (SSSR count). The number of nitrogens with zero attached hydrogens (tertiary/aromatic N) is 1. The van der Waals surface area contributed by atoms with Gasteiger partial charge >= 0.3 is 0 Å². The molecule has 2 N–H and O–H groups in total. The summed E-state index contributed by atoms with van der Waals surface area (Å²) in [7, 11) is 0. The number of nitrogen functional groups attached to an aromatic ring is 1. The third-order valence-corrected chi connectivity index (χ3v) is 2.84. The number of aromatic nitrogens is 1. The molecule has 1 aromatic carbocycles. The number of anilines is 1. The molecule has 5 nitrogen and oxygen atoms in total. The fourth-order valence-electron chi connectivity index (χ4n) is 1.91. The first-order valence-electron chi connectivity index (χ1n) is 5.45. The molecule has 2 aromatic rings. The Hall–Kier alpha value is -2.24. The van der Waals surface area contributed by atoms with Gasteiger partial charge in [0.15, 0.2) is 11.5 Å². The van der Waals surface area contributed by atoms with Crippen LogP contribution in [0.25, 0.3) is 11.1 Å². The molecule has 2 heterocycles. The Balaban J connectivity index is 2.22. The highest BCUT2D eigenvalue weighted by molar-refractivity contribution is 5.80. The Bertz CT molecular complexity index is 595. The maximum absolute atomic E-state index is 13.5. The topological polar surface area (TPSA) is 70.5 Å². The van der Waals surface area contributed by atoms with Gasteiger partial charge in [0, 0.05) is 5.56 Å². The number of fused-ring (bicyclic) bond motifs is 1. The van der Waals surface area contributed by atoms with E-state index in [9.17, 15) is 4.39 Å². The van der Waals surface area contributed by atoms with E-state index in [4.69, 9.17) is 19.7 Å². The zero-order valence-electron chi connectivity index (χ0n) is 9.64. The van der Waals surface area contributed by atoms with Crippen LogP contribution in [0.3, 0.4) is 0 Å². The van der Waals surface area contributed by atoms with Gasteiger partial charge in [-0.25, -0.2) is 4.39 Å². The molecule has 0 fully saturated rings. The minimum atomic E-state index is -1.11. The summed E-state index contributed by atoms with van der Waals surface area (Å²) in [5, 5.41) is 3.61. The molecule has 6 heteroatoms. The summed E-state index contributed by atoms with van der Waals surface area (Å²) in [5.74, 6) is 1.21. The van der Waals surface area contributed by atoms with Crippen molar-refractivity contribution in [2.75, 3.05) is 12.5 Å². The summed E-state index contributed by atoms with van der Waals surface area (Å²) in [5.41, 5.74) is 7.37. The van der Waals surface area contributed by atoms with E-state index < -0.39 is 6.17 Å². The van der Waals surface area contributed by atoms with E-state index in [2.05, 4.69) is 5.16 Å². The Kier molecular flexibility index (Phi) is 2.36. The van der Waals surface area contributed by atoms with Crippen molar-refractivity contribution in [2.45, 2.75) is 13.1 Å². The van der Waals surface area contributed by atoms with Gasteiger partial charge in [-0.3, -0.25) is 0 Å². The van der Waals surface area contributed by atoms with E-state index in [0.717, 1.165) is 0 Å². The summed E-state index contributed by atoms with van der Waals surface area (Å²) in [6, 6.07) is 3.29. The number of rotatable bonds is 2. The van der Waals surface area contributed by atoms with Crippen LogP contribution in [0.15, 0.2) is 22.9 Å². The third kappa shape index (κ3) is 1.57. The van der Waals surface area contributed by atoms with Crippen molar-refractivity contribution in [1.29, 1.82) is 0 Å². The number of benzene rings is 1. The smallest absolute Gasteiger partial charge is 0.231 e. The van der Waals surface area contributed by atoms with Gasteiger partial charge in [0.05, 0.1) is 11.8 Å². The van der Waals surface area contributed by atoms with Crippen LogP contribution < -0.4 is 15.2 Å². The van der Waals surface area contributed by atoms with E-state index in [-0.39, 0.29) is 12.7 Å². The highest BCUT2D eigenvalue weighted by Gasteiger charge is 2.24. The first-order chi connectivity index (χ1) is 8.66. The van der Waals surface area contributed by atoms with Gasteiger partial charge in [-0.15, -0.1) is 0 Å². The van der Waals surface area contributed by atoms with Crippen LogP contribution in [0.4, 0.5) is 10.3 Å². The molecule has 1 atom stereocenters. The predicted molar refractivity (Wildman–Crippen MR) is 62.0 cm³/mol. The van der Waals surface area contributed by atoms with Crippen molar-refractivity contribution in [3.05, 3.63) is 23.9 Å². The highest BCUT2D eigenvalue weighted by Crippen LogP contribution is 2.45. The SMILES string of the molecule is CC(F)c1cc2c(c(-c3cnoc3N)c1)OCO2. The highest BCUT2D eigenvalue weighted by atomic mass is 19.1. The number of nitrogens with two attached hydrogens (primary N) is 1. The molecule has 1 aromatic heterocycles. The number of hydrogen-bond acceptors (Lipinski definition) is 5. The van der Waals surface area contributed by atoms with Crippen molar-refractivity contribution in [1.82, 2.24) is 5.16 Å². The molecule has 0 saturated carbocycles. The lowest BCUT2D eigenvalue weighted by molar-refractivity contribution is 0.174. The van der Waals surface area contributed by atoms with Crippen LogP contribution in [0.5, 0.6) is 11.5 Å². The van der Waals surface area contributed by atoms with Gasteiger partial charge < -0.3 is 19.7 Å². The van der Waals surface area contributed by atoms with Crippen molar-refractivity contribution in [3.63, 3.8) is 0 Å². The Labute approximate surface area is 102 Å². The van der Waals surface area contributed by atoms with Crippen molar-refractivity contribution < 1.29 is 18.4 Å². The standard InChI is InChI=1S/C12H11FN2O3/c1-6(13)7-2-8(9-4-15-18-12(9)14)11-10(3-7)16-5-17-11/h2-4,6H,5,14H2,1H3. The molecular weight excluding hydrogens is 239 g/mol. The quantitative estimate of drug-likeness (QED) is 0.887. The first kappa shape index (κ1) is 10.9. The average molecular weight is 250 g/mol. The maximum atomic E-state index is 13.5. The second-order valence-corrected chi connectivity index (χ2v) is 4.02. The van der Waals surface area contributed by atoms with Crippen LogP contribution in [0.1, 0.15) is 18.7 Å². The Morgan fingerprint density at radius 1 is 1.33 bits per heavy atom. The average Bonchev–Trinajstić information content (AvgIpc) is 2.95. The van der Waals surface area contributed by atoms with Gasteiger partial charge in [-0.2, -0.15) is 0 Å². The zero-order chi connectivity index (χ0) is 12.7. The molecule has 0 aliphatic carbocycles. The van der Waals surface area contributed by atoms with Gasteiger partial charge in [0.2, 0.25) is 12.7 Å². The number of hydrogen-bond donors (Lipinski definition) is 1. The summed E-state index contributed by atoms with van der Waals surface area (Å²) in [6.07, 6.45) is 0.360. The largest absolute Gasteiger partial charge is 0.454 e. The molecule has 0 radical (unpaired) electrons. The zero-order valence-corrected chi connectivity index (χ0v) is 9.64. The minimum absolute atomic E-state index is 0.109. The van der Waals surface area contributed by atoms with Gasteiger partial charge in [0.1, 0.15) is 6.17 Å². The molecule has 1 aliphatic heterocycles. The molecule has 1 unspecified atom stereocenters. The monoisotopic (exact) mass is 250 g/mol. The van der Waals surface area contributed by atoms with E-state index in [1.165, 1.54) is 13.1 Å². The van der Waals surface area contributed by atoms with Gasteiger partial charge in [-0.1, -0.05) is 5.16 Å². The number of ether oxygens (including phenoxy) is 2. The lowest BCUT2D eigenvalue weighted by Gasteiger charge is -2.09. The lowest BCUT2D eigenvalue weighted by Crippen LogP contribution is -1.94. The molecule has 0 bridgehead atoms. The summed E-state index contributed by atoms with van der Waals surface area (Å²) < 4.78 is 28.9. The molecule has 0 spiro atoms. The summed E-state index contributed by atoms with van der Waals surface area (Å²) >= 11 is 0.